The Kier molecular flexibility index (Phi) is 7.28. The average Bonchev–Trinajstić information content (AvgIpc) is 2.24. The molecule has 0 saturated carbocycles. The van der Waals surface area contributed by atoms with Crippen molar-refractivity contribution in [1.82, 2.24) is 8.61 Å². The van der Waals surface area contributed by atoms with Crippen LogP contribution in [0.3, 0.4) is 0 Å². The van der Waals surface area contributed by atoms with E-state index in [0.29, 0.717) is 13.1 Å². The molecule has 0 heterocycles. The zero-order valence-electron chi connectivity index (χ0n) is 10.4. The highest BCUT2D eigenvalue weighted by Crippen LogP contribution is 2.07. The molecule has 0 spiro atoms. The number of methoxy groups -OCH3 is 1. The fourth-order valence-corrected chi connectivity index (χ4v) is 2.89. The Labute approximate surface area is 102 Å². The molecule has 0 aliphatic heterocycles. The summed E-state index contributed by atoms with van der Waals surface area (Å²) in [6, 6.07) is 0. The molecule has 17 heavy (non-hydrogen) atoms. The van der Waals surface area contributed by atoms with Gasteiger partial charge in [0.25, 0.3) is 10.2 Å². The van der Waals surface area contributed by atoms with Crippen molar-refractivity contribution in [3.63, 3.8) is 0 Å². The van der Waals surface area contributed by atoms with Gasteiger partial charge in [0.2, 0.25) is 0 Å². The van der Waals surface area contributed by atoms with E-state index in [9.17, 15) is 13.2 Å². The van der Waals surface area contributed by atoms with Gasteiger partial charge in [0, 0.05) is 26.7 Å². The highest BCUT2D eigenvalue weighted by atomic mass is 32.2. The Morgan fingerprint density at radius 1 is 1.24 bits per heavy atom. The molecule has 8 heteroatoms. The van der Waals surface area contributed by atoms with Crippen LogP contribution in [0.2, 0.25) is 0 Å². The molecule has 0 amide bonds. The quantitative estimate of drug-likeness (QED) is 0.615. The fourth-order valence-electron chi connectivity index (χ4n) is 1.33. The Bertz CT molecular complexity index is 326. The minimum Gasteiger partial charge on any atom is -0.480 e. The molecule has 102 valence electrons. The lowest BCUT2D eigenvalue weighted by molar-refractivity contribution is -0.137. The molecule has 1 N–H and O–H groups in total. The van der Waals surface area contributed by atoms with Gasteiger partial charge < -0.3 is 9.84 Å². The number of hydrogen-bond donors (Lipinski definition) is 1. The highest BCUT2D eigenvalue weighted by Gasteiger charge is 2.28. The van der Waals surface area contributed by atoms with Gasteiger partial charge in [-0.2, -0.15) is 17.0 Å². The van der Waals surface area contributed by atoms with Crippen molar-refractivity contribution in [2.24, 2.45) is 0 Å². The summed E-state index contributed by atoms with van der Waals surface area (Å²) in [5.74, 6) is -1.18. The summed E-state index contributed by atoms with van der Waals surface area (Å²) in [4.78, 5) is 10.7. The van der Waals surface area contributed by atoms with Crippen LogP contribution in [0, 0.1) is 0 Å². The van der Waals surface area contributed by atoms with Crippen LogP contribution in [0.4, 0.5) is 0 Å². The first kappa shape index (κ1) is 16.3. The van der Waals surface area contributed by atoms with Gasteiger partial charge in [0.15, 0.2) is 0 Å². The second-order valence-corrected chi connectivity index (χ2v) is 5.24. The van der Waals surface area contributed by atoms with E-state index in [1.54, 1.807) is 13.8 Å². The summed E-state index contributed by atoms with van der Waals surface area (Å²) >= 11 is 0. The van der Waals surface area contributed by atoms with Crippen LogP contribution in [-0.2, 0) is 19.7 Å². The summed E-state index contributed by atoms with van der Waals surface area (Å²) in [7, 11) is -2.29. The zero-order chi connectivity index (χ0) is 13.5. The minimum absolute atomic E-state index is 0.0294. The van der Waals surface area contributed by atoms with Crippen LogP contribution in [-0.4, -0.2) is 68.0 Å². The predicted molar refractivity (Wildman–Crippen MR) is 62.9 cm³/mol. The third kappa shape index (κ3) is 4.99. The largest absolute Gasteiger partial charge is 0.480 e. The zero-order valence-corrected chi connectivity index (χ0v) is 11.2. The maximum absolute atomic E-state index is 12.1. The van der Waals surface area contributed by atoms with E-state index in [-0.39, 0.29) is 13.2 Å². The van der Waals surface area contributed by atoms with E-state index in [4.69, 9.17) is 9.84 Å². The summed E-state index contributed by atoms with van der Waals surface area (Å²) in [6.45, 7) is 3.66. The molecule has 7 nitrogen and oxygen atoms in total. The normalized spacial score (nSPS) is 12.3. The molecule has 0 fully saturated rings. The summed E-state index contributed by atoms with van der Waals surface area (Å²) in [5.41, 5.74) is 0. The van der Waals surface area contributed by atoms with Gasteiger partial charge in [-0.3, -0.25) is 4.79 Å². The minimum atomic E-state index is -3.72. The third-order valence-corrected chi connectivity index (χ3v) is 4.35. The van der Waals surface area contributed by atoms with Crippen LogP contribution < -0.4 is 0 Å². The maximum atomic E-state index is 12.1. The smallest absolute Gasteiger partial charge is 0.318 e. The fraction of sp³-hybridized carbons (Fsp3) is 0.889. The lowest BCUT2D eigenvalue weighted by Crippen LogP contribution is -2.47. The lowest BCUT2D eigenvalue weighted by Gasteiger charge is -2.27. The Hall–Kier alpha value is -0.700. The highest BCUT2D eigenvalue weighted by molar-refractivity contribution is 7.86. The van der Waals surface area contributed by atoms with Gasteiger partial charge >= 0.3 is 5.97 Å². The van der Waals surface area contributed by atoms with E-state index >= 15 is 0 Å². The SMILES string of the molecule is CCN(CC)S(=O)(=O)N(CCOC)CC(=O)O. The van der Waals surface area contributed by atoms with Crippen molar-refractivity contribution in [1.29, 1.82) is 0 Å². The Morgan fingerprint density at radius 2 is 1.76 bits per heavy atom. The molecular weight excluding hydrogens is 248 g/mol. The van der Waals surface area contributed by atoms with E-state index in [2.05, 4.69) is 0 Å². The Morgan fingerprint density at radius 3 is 2.12 bits per heavy atom. The van der Waals surface area contributed by atoms with E-state index < -0.39 is 22.7 Å². The topological polar surface area (TPSA) is 87.2 Å². The van der Waals surface area contributed by atoms with Gasteiger partial charge in [-0.15, -0.1) is 0 Å². The number of ether oxygens (including phenoxy) is 1. The number of hydrogen-bond acceptors (Lipinski definition) is 4. The second kappa shape index (κ2) is 7.59. The van der Waals surface area contributed by atoms with Crippen molar-refractivity contribution in [2.45, 2.75) is 13.8 Å². The van der Waals surface area contributed by atoms with Crippen molar-refractivity contribution in [2.75, 3.05) is 39.9 Å². The monoisotopic (exact) mass is 268 g/mol. The van der Waals surface area contributed by atoms with Crippen LogP contribution in [0.15, 0.2) is 0 Å². The van der Waals surface area contributed by atoms with Crippen molar-refractivity contribution in [3.8, 4) is 0 Å². The average molecular weight is 268 g/mol. The predicted octanol–water partition coefficient (Wildman–Crippen LogP) is -0.394. The van der Waals surface area contributed by atoms with Gasteiger partial charge in [-0.25, -0.2) is 0 Å². The van der Waals surface area contributed by atoms with Crippen LogP contribution in [0.5, 0.6) is 0 Å². The second-order valence-electron chi connectivity index (χ2n) is 3.31. The molecular formula is C9H20N2O5S. The Balaban J connectivity index is 4.92. The van der Waals surface area contributed by atoms with E-state index in [0.717, 1.165) is 4.31 Å². The first-order chi connectivity index (χ1) is 7.89. The molecule has 0 aliphatic rings. The molecule has 0 aliphatic carbocycles. The van der Waals surface area contributed by atoms with Crippen LogP contribution in [0.25, 0.3) is 0 Å². The first-order valence-corrected chi connectivity index (χ1v) is 6.75. The van der Waals surface area contributed by atoms with Gasteiger partial charge in [-0.1, -0.05) is 13.8 Å². The maximum Gasteiger partial charge on any atom is 0.318 e. The number of carboxylic acid groups (broad SMARTS) is 1. The number of nitrogens with zero attached hydrogens (tertiary/aromatic N) is 2. The third-order valence-electron chi connectivity index (χ3n) is 2.21. The standard InChI is InChI=1S/C9H20N2O5S/c1-4-10(5-2)17(14,15)11(6-7-16-3)8-9(12)13/h4-8H2,1-3H3,(H,12,13). The van der Waals surface area contributed by atoms with Crippen molar-refractivity contribution < 1.29 is 23.1 Å². The van der Waals surface area contributed by atoms with Gasteiger partial charge in [-0.05, 0) is 0 Å². The van der Waals surface area contributed by atoms with E-state index in [1.165, 1.54) is 11.4 Å². The van der Waals surface area contributed by atoms with Gasteiger partial charge in [0.05, 0.1) is 6.61 Å². The molecule has 0 radical (unpaired) electrons. The number of carboxylic acids is 1. The molecule has 0 bridgehead atoms. The summed E-state index contributed by atoms with van der Waals surface area (Å²) in [6.07, 6.45) is 0. The summed E-state index contributed by atoms with van der Waals surface area (Å²) < 4.78 is 31.0. The van der Waals surface area contributed by atoms with E-state index in [1.807, 2.05) is 0 Å². The number of rotatable bonds is 9. The first-order valence-electron chi connectivity index (χ1n) is 5.36. The molecule has 0 aromatic rings. The molecule has 0 atom stereocenters. The molecule has 0 aromatic heterocycles. The van der Waals surface area contributed by atoms with Crippen molar-refractivity contribution >= 4 is 16.2 Å². The number of aliphatic carboxylic acids is 1. The lowest BCUT2D eigenvalue weighted by atomic mass is 10.6. The molecule has 0 rings (SSSR count). The molecule has 0 saturated heterocycles. The number of carbonyl (C=O) groups is 1. The van der Waals surface area contributed by atoms with Crippen molar-refractivity contribution in [3.05, 3.63) is 0 Å². The molecule has 0 unspecified atom stereocenters. The summed E-state index contributed by atoms with van der Waals surface area (Å²) in [5, 5.41) is 8.71. The molecule has 0 aromatic carbocycles. The van der Waals surface area contributed by atoms with Gasteiger partial charge in [0.1, 0.15) is 6.54 Å². The van der Waals surface area contributed by atoms with Crippen LogP contribution >= 0.6 is 0 Å². The van der Waals surface area contributed by atoms with Crippen LogP contribution in [0.1, 0.15) is 13.8 Å².